The lowest BCUT2D eigenvalue weighted by molar-refractivity contribution is -0.114. The second-order valence-electron chi connectivity index (χ2n) is 5.37. The summed E-state index contributed by atoms with van der Waals surface area (Å²) in [7, 11) is 0. The number of benzene rings is 1. The number of ketones is 1. The maximum Gasteiger partial charge on any atom is 0.299 e. The van der Waals surface area contributed by atoms with Crippen molar-refractivity contribution in [1.29, 1.82) is 0 Å². The predicted molar refractivity (Wildman–Crippen MR) is 79.3 cm³/mol. The van der Waals surface area contributed by atoms with Crippen molar-refractivity contribution < 1.29 is 9.59 Å². The Bertz CT molecular complexity index is 746. The van der Waals surface area contributed by atoms with E-state index in [1.165, 1.54) is 0 Å². The molecule has 0 radical (unpaired) electrons. The SMILES string of the molecule is CCn1cncc1CN1C(=O)C(=O)c2cc(C)cc(C)c21. The molecule has 0 atom stereocenters. The minimum Gasteiger partial charge on any atom is -0.333 e. The van der Waals surface area contributed by atoms with E-state index in [2.05, 4.69) is 4.98 Å². The lowest BCUT2D eigenvalue weighted by Gasteiger charge is -2.19. The molecule has 108 valence electrons. The first-order chi connectivity index (χ1) is 10.0. The molecule has 5 heteroatoms. The summed E-state index contributed by atoms with van der Waals surface area (Å²) in [4.78, 5) is 30.2. The van der Waals surface area contributed by atoms with Gasteiger partial charge in [-0.2, -0.15) is 0 Å². The summed E-state index contributed by atoms with van der Waals surface area (Å²) in [6, 6.07) is 3.79. The van der Waals surface area contributed by atoms with E-state index in [1.54, 1.807) is 23.5 Å². The molecule has 1 aliphatic heterocycles. The van der Waals surface area contributed by atoms with Crippen LogP contribution in [0.2, 0.25) is 0 Å². The van der Waals surface area contributed by atoms with Crippen LogP contribution in [0.3, 0.4) is 0 Å². The average molecular weight is 283 g/mol. The second-order valence-corrected chi connectivity index (χ2v) is 5.37. The van der Waals surface area contributed by atoms with Gasteiger partial charge in [-0.1, -0.05) is 6.07 Å². The van der Waals surface area contributed by atoms with Gasteiger partial charge < -0.3 is 4.57 Å². The summed E-state index contributed by atoms with van der Waals surface area (Å²) in [5.41, 5.74) is 4.12. The van der Waals surface area contributed by atoms with Gasteiger partial charge in [0.1, 0.15) is 0 Å². The summed E-state index contributed by atoms with van der Waals surface area (Å²) in [6.07, 6.45) is 3.48. The molecule has 1 aromatic heterocycles. The number of rotatable bonds is 3. The van der Waals surface area contributed by atoms with Crippen molar-refractivity contribution in [1.82, 2.24) is 9.55 Å². The Hall–Kier alpha value is -2.43. The van der Waals surface area contributed by atoms with Crippen LogP contribution < -0.4 is 4.90 Å². The summed E-state index contributed by atoms with van der Waals surface area (Å²) >= 11 is 0. The molecular formula is C16H17N3O2. The van der Waals surface area contributed by atoms with E-state index in [-0.39, 0.29) is 0 Å². The predicted octanol–water partition coefficient (Wildman–Crippen LogP) is 2.25. The van der Waals surface area contributed by atoms with Crippen molar-refractivity contribution in [3.05, 3.63) is 47.0 Å². The number of hydrogen-bond acceptors (Lipinski definition) is 3. The van der Waals surface area contributed by atoms with Crippen molar-refractivity contribution >= 4 is 17.4 Å². The molecule has 0 aliphatic carbocycles. The van der Waals surface area contributed by atoms with Crippen molar-refractivity contribution in [2.45, 2.75) is 33.9 Å². The van der Waals surface area contributed by atoms with Crippen LogP contribution in [0.4, 0.5) is 5.69 Å². The Balaban J connectivity index is 2.06. The normalized spacial score (nSPS) is 14.0. The zero-order valence-corrected chi connectivity index (χ0v) is 12.4. The zero-order valence-electron chi connectivity index (χ0n) is 12.4. The van der Waals surface area contributed by atoms with E-state index in [0.717, 1.165) is 29.1 Å². The van der Waals surface area contributed by atoms with Gasteiger partial charge in [0.15, 0.2) is 0 Å². The van der Waals surface area contributed by atoms with Gasteiger partial charge in [-0.25, -0.2) is 4.98 Å². The molecule has 1 aromatic carbocycles. The molecule has 5 nitrogen and oxygen atoms in total. The van der Waals surface area contributed by atoms with Crippen LogP contribution in [0.1, 0.15) is 34.1 Å². The number of hydrogen-bond donors (Lipinski definition) is 0. The number of aromatic nitrogens is 2. The number of carbonyl (C=O) groups is 2. The van der Waals surface area contributed by atoms with Crippen molar-refractivity contribution in [2.75, 3.05) is 4.90 Å². The highest BCUT2D eigenvalue weighted by atomic mass is 16.2. The van der Waals surface area contributed by atoms with E-state index in [4.69, 9.17) is 0 Å². The molecule has 0 saturated carbocycles. The minimum absolute atomic E-state index is 0.370. The summed E-state index contributed by atoms with van der Waals surface area (Å²) in [5.74, 6) is -0.873. The zero-order chi connectivity index (χ0) is 15.1. The van der Waals surface area contributed by atoms with E-state index in [0.29, 0.717) is 12.1 Å². The van der Waals surface area contributed by atoms with E-state index < -0.39 is 11.7 Å². The average Bonchev–Trinajstić information content (AvgIpc) is 2.98. The summed E-state index contributed by atoms with van der Waals surface area (Å²) in [5, 5.41) is 0. The van der Waals surface area contributed by atoms with E-state index in [1.807, 2.05) is 31.4 Å². The van der Waals surface area contributed by atoms with Crippen LogP contribution in [-0.2, 0) is 17.9 Å². The molecule has 2 heterocycles. The van der Waals surface area contributed by atoms with Gasteiger partial charge in [0.25, 0.3) is 11.7 Å². The third-order valence-corrected chi connectivity index (χ3v) is 3.86. The Morgan fingerprint density at radius 1 is 1.19 bits per heavy atom. The van der Waals surface area contributed by atoms with Gasteiger partial charge in [0, 0.05) is 12.7 Å². The molecular weight excluding hydrogens is 266 g/mol. The van der Waals surface area contributed by atoms with Gasteiger partial charge in [-0.15, -0.1) is 0 Å². The first-order valence-electron chi connectivity index (χ1n) is 6.99. The number of aryl methyl sites for hydroxylation is 3. The third kappa shape index (κ3) is 2.05. The highest BCUT2D eigenvalue weighted by Crippen LogP contribution is 2.34. The first kappa shape index (κ1) is 13.5. The second kappa shape index (κ2) is 4.84. The maximum absolute atomic E-state index is 12.3. The standard InChI is InChI=1S/C16H17N3O2/c1-4-18-9-17-7-12(18)8-19-14-11(3)5-10(2)6-13(14)15(20)16(19)21/h5-7,9H,4,8H2,1-3H3. The van der Waals surface area contributed by atoms with Crippen LogP contribution in [0.25, 0.3) is 0 Å². The van der Waals surface area contributed by atoms with E-state index >= 15 is 0 Å². The lowest BCUT2D eigenvalue weighted by Crippen LogP contribution is -2.30. The third-order valence-electron chi connectivity index (χ3n) is 3.86. The number of imidazole rings is 1. The summed E-state index contributed by atoms with van der Waals surface area (Å²) in [6.45, 7) is 7.03. The van der Waals surface area contributed by atoms with Crippen LogP contribution in [-0.4, -0.2) is 21.2 Å². The monoisotopic (exact) mass is 283 g/mol. The highest BCUT2D eigenvalue weighted by Gasteiger charge is 2.37. The molecule has 0 fully saturated rings. The van der Waals surface area contributed by atoms with Crippen LogP contribution >= 0.6 is 0 Å². The molecule has 3 rings (SSSR count). The van der Waals surface area contributed by atoms with Crippen LogP contribution in [0.15, 0.2) is 24.7 Å². The molecule has 1 amide bonds. The van der Waals surface area contributed by atoms with Gasteiger partial charge in [0.05, 0.1) is 29.8 Å². The number of nitrogens with zero attached hydrogens (tertiary/aromatic N) is 3. The lowest BCUT2D eigenvalue weighted by atomic mass is 10.0. The molecule has 0 saturated heterocycles. The van der Waals surface area contributed by atoms with Gasteiger partial charge >= 0.3 is 0 Å². The highest BCUT2D eigenvalue weighted by molar-refractivity contribution is 6.52. The van der Waals surface area contributed by atoms with Gasteiger partial charge in [-0.05, 0) is 38.0 Å². The van der Waals surface area contributed by atoms with Crippen LogP contribution in [0, 0.1) is 13.8 Å². The fourth-order valence-electron chi connectivity index (χ4n) is 2.91. The Kier molecular flexibility index (Phi) is 3.12. The largest absolute Gasteiger partial charge is 0.333 e. The van der Waals surface area contributed by atoms with Crippen LogP contribution in [0.5, 0.6) is 0 Å². The fraction of sp³-hybridized carbons (Fsp3) is 0.312. The number of Topliss-reactive ketones (excluding diaryl/α,β-unsaturated/α-hetero) is 1. The molecule has 0 N–H and O–H groups in total. The Morgan fingerprint density at radius 3 is 2.67 bits per heavy atom. The van der Waals surface area contributed by atoms with Gasteiger partial charge in [0.2, 0.25) is 0 Å². The number of amides is 1. The topological polar surface area (TPSA) is 55.2 Å². The molecule has 0 bridgehead atoms. The molecule has 2 aromatic rings. The number of carbonyl (C=O) groups excluding carboxylic acids is 2. The van der Waals surface area contributed by atoms with Gasteiger partial charge in [-0.3, -0.25) is 14.5 Å². The quantitative estimate of drug-likeness (QED) is 0.812. The Morgan fingerprint density at radius 2 is 1.95 bits per heavy atom. The molecule has 0 spiro atoms. The minimum atomic E-state index is -0.456. The molecule has 21 heavy (non-hydrogen) atoms. The summed E-state index contributed by atoms with van der Waals surface area (Å²) < 4.78 is 1.97. The van der Waals surface area contributed by atoms with Crippen molar-refractivity contribution in [3.63, 3.8) is 0 Å². The molecule has 0 unspecified atom stereocenters. The number of anilines is 1. The first-order valence-corrected chi connectivity index (χ1v) is 6.99. The number of fused-ring (bicyclic) bond motifs is 1. The maximum atomic E-state index is 12.3. The van der Waals surface area contributed by atoms with E-state index in [9.17, 15) is 9.59 Å². The van der Waals surface area contributed by atoms with Crippen molar-refractivity contribution in [3.8, 4) is 0 Å². The smallest absolute Gasteiger partial charge is 0.299 e. The Labute approximate surface area is 123 Å². The molecule has 1 aliphatic rings. The fourth-order valence-corrected chi connectivity index (χ4v) is 2.91. The van der Waals surface area contributed by atoms with Crippen molar-refractivity contribution in [2.24, 2.45) is 0 Å².